The van der Waals surface area contributed by atoms with Crippen LogP contribution >= 0.6 is 0 Å². The number of fused-ring (bicyclic) bond motifs is 1. The van der Waals surface area contributed by atoms with Gasteiger partial charge in [-0.15, -0.1) is 0 Å². The lowest BCUT2D eigenvalue weighted by Crippen LogP contribution is -2.59. The number of aliphatic hydroxyl groups excluding tert-OH is 1. The second-order valence-corrected chi connectivity index (χ2v) is 11.6. The Morgan fingerprint density at radius 1 is 1.07 bits per heavy atom. The van der Waals surface area contributed by atoms with Crippen LogP contribution in [0.1, 0.15) is 45.5 Å². The first kappa shape index (κ1) is 26.3. The summed E-state index contributed by atoms with van der Waals surface area (Å²) < 4.78 is 0. The van der Waals surface area contributed by atoms with Gasteiger partial charge in [-0.1, -0.05) is 54.6 Å². The molecule has 2 bridgehead atoms. The number of rotatable bonds is 6. The number of likely N-dealkylation sites (tertiary alicyclic amines) is 1. The molecule has 6 nitrogen and oxygen atoms in total. The number of benzene rings is 3. The number of carbonyl (C=O) groups is 1. The maximum atomic E-state index is 13.3. The molecule has 1 saturated heterocycles. The largest absolute Gasteiger partial charge is 0.507 e. The van der Waals surface area contributed by atoms with E-state index >= 15 is 0 Å². The van der Waals surface area contributed by atoms with Gasteiger partial charge in [0.15, 0.2) is 0 Å². The molecule has 3 aromatic carbocycles. The predicted molar refractivity (Wildman–Crippen MR) is 155 cm³/mol. The average Bonchev–Trinajstić information content (AvgIpc) is 2.99. The van der Waals surface area contributed by atoms with Gasteiger partial charge in [0.1, 0.15) is 5.75 Å². The van der Waals surface area contributed by atoms with Gasteiger partial charge in [0.05, 0.1) is 17.2 Å². The fraction of sp³-hybridized carbons (Fsp3) is 0.353. The molecule has 6 heteroatoms. The Hall–Kier alpha value is -3.92. The lowest BCUT2D eigenvalue weighted by Gasteiger charge is -2.57. The zero-order chi connectivity index (χ0) is 27.9. The van der Waals surface area contributed by atoms with Crippen LogP contribution in [0.25, 0.3) is 11.1 Å². The third-order valence-corrected chi connectivity index (χ3v) is 9.42. The van der Waals surface area contributed by atoms with E-state index in [-0.39, 0.29) is 35.5 Å². The second-order valence-electron chi connectivity index (χ2n) is 11.6. The number of piperidine rings is 1. The number of nitriles is 1. The molecule has 3 aromatic rings. The first-order chi connectivity index (χ1) is 19.4. The van der Waals surface area contributed by atoms with Crippen LogP contribution in [-0.4, -0.2) is 53.8 Å². The molecule has 3 aliphatic rings. The van der Waals surface area contributed by atoms with Crippen molar-refractivity contribution in [3.63, 3.8) is 0 Å². The van der Waals surface area contributed by atoms with E-state index in [1.54, 1.807) is 6.07 Å². The topological polar surface area (TPSA) is 96.6 Å². The van der Waals surface area contributed by atoms with E-state index in [0.29, 0.717) is 30.1 Å². The molecular weight excluding hydrogens is 498 g/mol. The average molecular weight is 534 g/mol. The lowest BCUT2D eigenvalue weighted by atomic mass is 9.52. The maximum absolute atomic E-state index is 13.3. The summed E-state index contributed by atoms with van der Waals surface area (Å²) in [5.41, 5.74) is 5.99. The molecule has 4 atom stereocenters. The Morgan fingerprint density at radius 2 is 1.80 bits per heavy atom. The molecular formula is C34H35N3O3. The maximum Gasteiger partial charge on any atom is 0.255 e. The zero-order valence-corrected chi connectivity index (χ0v) is 22.8. The standard InChI is InChI=1S/C34H35N3O3/c1-37-17-15-34-19-24(21-38)6-13-29(34)30(37)18-27-11-12-28(32(39)31(27)34)33(40)36-16-14-22-2-7-25(8-3-22)26-9-4-23(20-35)5-10-26/h2-13,24,29-30,38-39H,14-19,21H2,1H3,(H,36,40)/t24?,29-,30+,34?/m0/s1. The van der Waals surface area contributed by atoms with Crippen molar-refractivity contribution in [3.05, 3.63) is 101 Å². The molecule has 1 aliphatic heterocycles. The van der Waals surface area contributed by atoms with Crippen molar-refractivity contribution in [2.45, 2.75) is 37.1 Å². The van der Waals surface area contributed by atoms with Crippen LogP contribution in [0.3, 0.4) is 0 Å². The third kappa shape index (κ3) is 4.50. The van der Waals surface area contributed by atoms with E-state index in [4.69, 9.17) is 5.26 Å². The third-order valence-electron chi connectivity index (χ3n) is 9.42. The predicted octanol–water partition coefficient (Wildman–Crippen LogP) is 4.59. The molecule has 2 aliphatic carbocycles. The summed E-state index contributed by atoms with van der Waals surface area (Å²) >= 11 is 0. The molecule has 6 rings (SSSR count). The monoisotopic (exact) mass is 533 g/mol. The van der Waals surface area contributed by atoms with E-state index < -0.39 is 0 Å². The molecule has 1 heterocycles. The number of nitrogens with one attached hydrogen (secondary N) is 1. The summed E-state index contributed by atoms with van der Waals surface area (Å²) in [4.78, 5) is 15.7. The van der Waals surface area contributed by atoms with Gasteiger partial charge < -0.3 is 20.4 Å². The van der Waals surface area contributed by atoms with Gasteiger partial charge in [-0.2, -0.15) is 5.26 Å². The van der Waals surface area contributed by atoms with Crippen LogP contribution < -0.4 is 5.32 Å². The van der Waals surface area contributed by atoms with Gasteiger partial charge in [-0.3, -0.25) is 4.79 Å². The number of aromatic hydroxyl groups is 1. The van der Waals surface area contributed by atoms with Crippen LogP contribution in [0.2, 0.25) is 0 Å². The number of nitrogens with zero attached hydrogens (tertiary/aromatic N) is 2. The molecule has 0 saturated carbocycles. The number of hydrogen-bond donors (Lipinski definition) is 3. The molecule has 2 unspecified atom stereocenters. The number of aliphatic hydroxyl groups is 1. The van der Waals surface area contributed by atoms with Crippen molar-refractivity contribution in [3.8, 4) is 22.9 Å². The molecule has 0 radical (unpaired) electrons. The number of phenols is 1. The van der Waals surface area contributed by atoms with Crippen molar-refractivity contribution < 1.29 is 15.0 Å². The smallest absolute Gasteiger partial charge is 0.255 e. The Morgan fingerprint density at radius 3 is 2.50 bits per heavy atom. The molecule has 40 heavy (non-hydrogen) atoms. The van der Waals surface area contributed by atoms with Gasteiger partial charge in [0.2, 0.25) is 0 Å². The van der Waals surface area contributed by atoms with E-state index in [2.05, 4.69) is 59.8 Å². The summed E-state index contributed by atoms with van der Waals surface area (Å²) in [6.45, 7) is 1.49. The minimum Gasteiger partial charge on any atom is -0.507 e. The second kappa shape index (κ2) is 10.6. The highest BCUT2D eigenvalue weighted by atomic mass is 16.3. The molecule has 204 valence electrons. The molecule has 0 aromatic heterocycles. The number of likely N-dealkylation sites (N-methyl/N-ethyl adjacent to an activating group) is 1. The van der Waals surface area contributed by atoms with Crippen LogP contribution in [-0.2, 0) is 18.3 Å². The summed E-state index contributed by atoms with van der Waals surface area (Å²) in [5.74, 6) is 0.175. The lowest BCUT2D eigenvalue weighted by molar-refractivity contribution is 0.0311. The quantitative estimate of drug-likeness (QED) is 0.403. The number of amides is 1. The molecule has 3 N–H and O–H groups in total. The minimum atomic E-state index is -0.262. The Labute approximate surface area is 235 Å². The Bertz CT molecular complexity index is 1490. The van der Waals surface area contributed by atoms with Gasteiger partial charge in [0.25, 0.3) is 5.91 Å². The first-order valence-corrected chi connectivity index (χ1v) is 14.2. The summed E-state index contributed by atoms with van der Waals surface area (Å²) in [5, 5.41) is 33.6. The van der Waals surface area contributed by atoms with Crippen LogP contribution in [0.4, 0.5) is 0 Å². The normalized spacial score (nSPS) is 25.0. The Balaban J connectivity index is 1.17. The van der Waals surface area contributed by atoms with Gasteiger partial charge in [-0.05, 0) is 79.7 Å². The number of carbonyl (C=O) groups excluding carboxylic acids is 1. The minimum absolute atomic E-state index is 0.0615. The van der Waals surface area contributed by atoms with Crippen molar-refractivity contribution in [2.24, 2.45) is 11.8 Å². The van der Waals surface area contributed by atoms with E-state index in [1.165, 1.54) is 0 Å². The Kier molecular flexibility index (Phi) is 6.95. The highest BCUT2D eigenvalue weighted by Gasteiger charge is 2.54. The van der Waals surface area contributed by atoms with E-state index in [0.717, 1.165) is 53.6 Å². The molecule has 1 amide bonds. The van der Waals surface area contributed by atoms with Crippen molar-refractivity contribution in [1.82, 2.24) is 10.2 Å². The van der Waals surface area contributed by atoms with Gasteiger partial charge >= 0.3 is 0 Å². The highest BCUT2D eigenvalue weighted by molar-refractivity contribution is 5.97. The molecule has 0 spiro atoms. The summed E-state index contributed by atoms with van der Waals surface area (Å²) in [6.07, 6.45) is 7.61. The zero-order valence-electron chi connectivity index (χ0n) is 22.8. The van der Waals surface area contributed by atoms with Crippen LogP contribution in [0, 0.1) is 23.2 Å². The number of hydrogen-bond acceptors (Lipinski definition) is 5. The fourth-order valence-corrected chi connectivity index (χ4v) is 7.30. The fourth-order valence-electron chi connectivity index (χ4n) is 7.30. The van der Waals surface area contributed by atoms with Crippen LogP contribution in [0.5, 0.6) is 5.75 Å². The SMILES string of the molecule is CN1CCC23CC(CO)C=C[C@H]2[C@H]1Cc1ccc(C(=O)NCCc2ccc(-c4ccc(C#N)cc4)cc2)c(O)c13. The summed E-state index contributed by atoms with van der Waals surface area (Å²) in [7, 11) is 2.17. The van der Waals surface area contributed by atoms with Crippen molar-refractivity contribution in [2.75, 3.05) is 26.7 Å². The first-order valence-electron chi connectivity index (χ1n) is 14.2. The van der Waals surface area contributed by atoms with E-state index in [9.17, 15) is 15.0 Å². The van der Waals surface area contributed by atoms with Crippen molar-refractivity contribution >= 4 is 5.91 Å². The van der Waals surface area contributed by atoms with Crippen LogP contribution in [0.15, 0.2) is 72.8 Å². The summed E-state index contributed by atoms with van der Waals surface area (Å²) in [6, 6.07) is 22.0. The van der Waals surface area contributed by atoms with Crippen molar-refractivity contribution in [1.29, 1.82) is 5.26 Å². The van der Waals surface area contributed by atoms with E-state index in [1.807, 2.05) is 30.3 Å². The molecule has 1 fully saturated rings. The van der Waals surface area contributed by atoms with Gasteiger partial charge in [-0.25, -0.2) is 0 Å². The highest BCUT2D eigenvalue weighted by Crippen LogP contribution is 2.57. The van der Waals surface area contributed by atoms with Gasteiger partial charge in [0, 0.05) is 42.0 Å². The number of phenolic OH excluding ortho intramolecular Hbond substituents is 1.